The van der Waals surface area contributed by atoms with E-state index >= 15 is 0 Å². The normalized spacial score (nSPS) is 10.5. The van der Waals surface area contributed by atoms with E-state index in [0.29, 0.717) is 11.3 Å². The molecule has 0 heterocycles. The number of esters is 1. The first-order valence-electron chi connectivity index (χ1n) is 10.0. The third kappa shape index (κ3) is 5.25. The average Bonchev–Trinajstić information content (AvgIpc) is 2.74. The Labute approximate surface area is 182 Å². The SMILES string of the molecule is Cc1ccc(C(=O)c2ccccc2C(=O)OCC(=O)Nc2c(C)cc(C)cc2C)cc1. The van der Waals surface area contributed by atoms with Gasteiger partial charge in [-0.05, 0) is 44.9 Å². The van der Waals surface area contributed by atoms with Crippen LogP contribution in [0.2, 0.25) is 0 Å². The lowest BCUT2D eigenvalue weighted by Gasteiger charge is -2.13. The van der Waals surface area contributed by atoms with E-state index in [1.807, 2.05) is 52.0 Å². The van der Waals surface area contributed by atoms with Crippen LogP contribution < -0.4 is 5.32 Å². The van der Waals surface area contributed by atoms with Gasteiger partial charge in [-0.2, -0.15) is 0 Å². The van der Waals surface area contributed by atoms with Gasteiger partial charge in [-0.3, -0.25) is 9.59 Å². The third-order valence-corrected chi connectivity index (χ3v) is 4.98. The quantitative estimate of drug-likeness (QED) is 0.457. The number of aryl methyl sites for hydroxylation is 4. The van der Waals surface area contributed by atoms with Gasteiger partial charge in [-0.15, -0.1) is 0 Å². The zero-order chi connectivity index (χ0) is 22.5. The molecule has 0 aliphatic carbocycles. The van der Waals surface area contributed by atoms with Crippen LogP contribution in [-0.2, 0) is 9.53 Å². The summed E-state index contributed by atoms with van der Waals surface area (Å²) in [4.78, 5) is 37.9. The summed E-state index contributed by atoms with van der Waals surface area (Å²) in [7, 11) is 0. The molecule has 0 radical (unpaired) electrons. The van der Waals surface area contributed by atoms with Gasteiger partial charge in [-0.25, -0.2) is 4.79 Å². The van der Waals surface area contributed by atoms with Crippen LogP contribution in [0.15, 0.2) is 60.7 Å². The number of ketones is 1. The summed E-state index contributed by atoms with van der Waals surface area (Å²) in [6.45, 7) is 7.30. The highest BCUT2D eigenvalue weighted by molar-refractivity contribution is 6.14. The largest absolute Gasteiger partial charge is 0.452 e. The second kappa shape index (κ2) is 9.39. The summed E-state index contributed by atoms with van der Waals surface area (Å²) in [5.41, 5.74) is 5.57. The van der Waals surface area contributed by atoms with Crippen molar-refractivity contribution in [3.63, 3.8) is 0 Å². The Morgan fingerprint density at radius 1 is 0.774 bits per heavy atom. The predicted molar refractivity (Wildman–Crippen MR) is 121 cm³/mol. The highest BCUT2D eigenvalue weighted by atomic mass is 16.5. The molecule has 0 aromatic heterocycles. The summed E-state index contributed by atoms with van der Waals surface area (Å²) in [6.07, 6.45) is 0. The second-order valence-electron chi connectivity index (χ2n) is 7.64. The molecule has 3 rings (SSSR count). The van der Waals surface area contributed by atoms with Gasteiger partial charge < -0.3 is 10.1 Å². The van der Waals surface area contributed by atoms with E-state index in [9.17, 15) is 14.4 Å². The van der Waals surface area contributed by atoms with Gasteiger partial charge in [0.15, 0.2) is 12.4 Å². The number of ether oxygens (including phenoxy) is 1. The summed E-state index contributed by atoms with van der Waals surface area (Å²) >= 11 is 0. The minimum absolute atomic E-state index is 0.128. The molecule has 0 saturated carbocycles. The zero-order valence-corrected chi connectivity index (χ0v) is 18.1. The number of carbonyl (C=O) groups is 3. The monoisotopic (exact) mass is 415 g/mol. The Bertz CT molecular complexity index is 1120. The van der Waals surface area contributed by atoms with Crippen LogP contribution in [0.1, 0.15) is 48.5 Å². The molecule has 3 aromatic rings. The van der Waals surface area contributed by atoms with Gasteiger partial charge in [0.25, 0.3) is 5.91 Å². The molecule has 5 heteroatoms. The molecule has 3 aromatic carbocycles. The van der Waals surface area contributed by atoms with Crippen molar-refractivity contribution in [1.29, 1.82) is 0 Å². The highest BCUT2D eigenvalue weighted by Crippen LogP contribution is 2.22. The fourth-order valence-corrected chi connectivity index (χ4v) is 3.48. The molecular weight excluding hydrogens is 390 g/mol. The first-order valence-corrected chi connectivity index (χ1v) is 10.0. The molecule has 5 nitrogen and oxygen atoms in total. The molecule has 0 saturated heterocycles. The van der Waals surface area contributed by atoms with Gasteiger partial charge in [0.2, 0.25) is 0 Å². The second-order valence-corrected chi connectivity index (χ2v) is 7.64. The molecule has 0 bridgehead atoms. The highest BCUT2D eigenvalue weighted by Gasteiger charge is 2.20. The number of anilines is 1. The molecule has 0 unspecified atom stereocenters. The third-order valence-electron chi connectivity index (χ3n) is 4.98. The van der Waals surface area contributed by atoms with Gasteiger partial charge in [0.05, 0.1) is 5.56 Å². The van der Waals surface area contributed by atoms with Crippen LogP contribution in [0.25, 0.3) is 0 Å². The van der Waals surface area contributed by atoms with Gasteiger partial charge in [0.1, 0.15) is 0 Å². The van der Waals surface area contributed by atoms with Crippen LogP contribution in [0, 0.1) is 27.7 Å². The summed E-state index contributed by atoms with van der Waals surface area (Å²) in [6, 6.07) is 17.5. The van der Waals surface area contributed by atoms with E-state index in [4.69, 9.17) is 4.74 Å². The molecule has 0 atom stereocenters. The van der Waals surface area contributed by atoms with E-state index in [1.165, 1.54) is 6.07 Å². The number of benzene rings is 3. The number of carbonyl (C=O) groups excluding carboxylic acids is 3. The molecule has 158 valence electrons. The lowest BCUT2D eigenvalue weighted by Crippen LogP contribution is -2.22. The number of hydrogen-bond donors (Lipinski definition) is 1. The number of hydrogen-bond acceptors (Lipinski definition) is 4. The minimum atomic E-state index is -0.719. The first kappa shape index (κ1) is 22.0. The summed E-state index contributed by atoms with van der Waals surface area (Å²) < 4.78 is 5.21. The van der Waals surface area contributed by atoms with Crippen molar-refractivity contribution < 1.29 is 19.1 Å². The van der Waals surface area contributed by atoms with E-state index in [2.05, 4.69) is 5.32 Å². The van der Waals surface area contributed by atoms with Crippen molar-refractivity contribution >= 4 is 23.3 Å². The summed E-state index contributed by atoms with van der Waals surface area (Å²) in [5, 5.41) is 2.80. The fourth-order valence-electron chi connectivity index (χ4n) is 3.48. The maximum atomic E-state index is 12.9. The predicted octanol–water partition coefficient (Wildman–Crippen LogP) is 4.95. The van der Waals surface area contributed by atoms with Crippen molar-refractivity contribution in [2.75, 3.05) is 11.9 Å². The van der Waals surface area contributed by atoms with Crippen LogP contribution in [0.4, 0.5) is 5.69 Å². The van der Waals surface area contributed by atoms with E-state index in [-0.39, 0.29) is 16.9 Å². The number of rotatable bonds is 6. The molecule has 0 fully saturated rings. The molecule has 0 spiro atoms. The Morgan fingerprint density at radius 3 is 1.97 bits per heavy atom. The van der Waals surface area contributed by atoms with Crippen LogP contribution in [-0.4, -0.2) is 24.3 Å². The van der Waals surface area contributed by atoms with Crippen molar-refractivity contribution in [3.05, 3.63) is 99.6 Å². The maximum absolute atomic E-state index is 12.9. The summed E-state index contributed by atoms with van der Waals surface area (Å²) in [5.74, 6) is -1.43. The van der Waals surface area contributed by atoms with Crippen molar-refractivity contribution in [1.82, 2.24) is 0 Å². The maximum Gasteiger partial charge on any atom is 0.339 e. The standard InChI is InChI=1S/C26H25NO4/c1-16-9-11-20(12-10-16)25(29)21-7-5-6-8-22(21)26(30)31-15-23(28)27-24-18(3)13-17(2)14-19(24)4/h5-14H,15H2,1-4H3,(H,27,28). The molecular formula is C26H25NO4. The molecule has 0 aliphatic heterocycles. The fraction of sp³-hybridized carbons (Fsp3) is 0.192. The Hall–Kier alpha value is -3.73. The zero-order valence-electron chi connectivity index (χ0n) is 18.1. The number of nitrogens with one attached hydrogen (secondary N) is 1. The van der Waals surface area contributed by atoms with E-state index in [0.717, 1.165) is 22.3 Å². The van der Waals surface area contributed by atoms with Crippen molar-refractivity contribution in [2.24, 2.45) is 0 Å². The van der Waals surface area contributed by atoms with E-state index < -0.39 is 18.5 Å². The molecule has 1 amide bonds. The van der Waals surface area contributed by atoms with Crippen molar-refractivity contribution in [2.45, 2.75) is 27.7 Å². The lowest BCUT2D eigenvalue weighted by atomic mass is 9.98. The Kier molecular flexibility index (Phi) is 6.65. The smallest absolute Gasteiger partial charge is 0.339 e. The topological polar surface area (TPSA) is 72.5 Å². The Balaban J connectivity index is 1.71. The average molecular weight is 415 g/mol. The van der Waals surface area contributed by atoms with Gasteiger partial charge in [0, 0.05) is 16.8 Å². The Morgan fingerprint density at radius 2 is 1.35 bits per heavy atom. The van der Waals surface area contributed by atoms with Gasteiger partial charge >= 0.3 is 5.97 Å². The van der Waals surface area contributed by atoms with Crippen molar-refractivity contribution in [3.8, 4) is 0 Å². The van der Waals surface area contributed by atoms with Crippen LogP contribution in [0.5, 0.6) is 0 Å². The molecule has 1 N–H and O–H groups in total. The molecule has 0 aliphatic rings. The van der Waals surface area contributed by atoms with Gasteiger partial charge in [-0.1, -0.05) is 65.7 Å². The first-order chi connectivity index (χ1) is 14.8. The molecule has 31 heavy (non-hydrogen) atoms. The minimum Gasteiger partial charge on any atom is -0.452 e. The number of amides is 1. The lowest BCUT2D eigenvalue weighted by molar-refractivity contribution is -0.119. The van der Waals surface area contributed by atoms with Crippen LogP contribution >= 0.6 is 0 Å². The van der Waals surface area contributed by atoms with Crippen LogP contribution in [0.3, 0.4) is 0 Å². The van der Waals surface area contributed by atoms with E-state index in [1.54, 1.807) is 30.3 Å².